The lowest BCUT2D eigenvalue weighted by molar-refractivity contribution is 0.104. The van der Waals surface area contributed by atoms with Crippen LogP contribution in [0.4, 0.5) is 0 Å². The van der Waals surface area contributed by atoms with Gasteiger partial charge in [-0.1, -0.05) is 70.5 Å². The van der Waals surface area contributed by atoms with E-state index in [4.69, 9.17) is 0 Å². The lowest BCUT2D eigenvalue weighted by Crippen LogP contribution is -1.94. The summed E-state index contributed by atoms with van der Waals surface area (Å²) in [5, 5.41) is 0. The Morgan fingerprint density at radius 3 is 2.24 bits per heavy atom. The first-order chi connectivity index (χ1) is 10.3. The first-order valence-electron chi connectivity index (χ1n) is 6.79. The largest absolute Gasteiger partial charge is 0.289 e. The maximum Gasteiger partial charge on any atom is 0.194 e. The highest BCUT2D eigenvalue weighted by Gasteiger charge is 2.28. The van der Waals surface area contributed by atoms with E-state index in [2.05, 4.69) is 34.1 Å². The van der Waals surface area contributed by atoms with Crippen LogP contribution >= 0.6 is 15.9 Å². The van der Waals surface area contributed by atoms with Crippen molar-refractivity contribution in [3.8, 4) is 22.3 Å². The van der Waals surface area contributed by atoms with E-state index in [1.165, 1.54) is 0 Å². The van der Waals surface area contributed by atoms with Crippen LogP contribution in [0.25, 0.3) is 22.3 Å². The Kier molecular flexibility index (Phi) is 2.79. The molecule has 3 aromatic rings. The minimum absolute atomic E-state index is 0.110. The van der Waals surface area contributed by atoms with Crippen LogP contribution in [-0.2, 0) is 0 Å². The van der Waals surface area contributed by atoms with Crippen LogP contribution in [0.1, 0.15) is 15.9 Å². The highest BCUT2D eigenvalue weighted by molar-refractivity contribution is 9.10. The summed E-state index contributed by atoms with van der Waals surface area (Å²) in [7, 11) is 0. The number of fused-ring (bicyclic) bond motifs is 3. The van der Waals surface area contributed by atoms with Crippen molar-refractivity contribution in [3.63, 3.8) is 0 Å². The number of carbonyl (C=O) groups is 1. The lowest BCUT2D eigenvalue weighted by Gasteiger charge is -2.09. The van der Waals surface area contributed by atoms with E-state index in [0.717, 1.165) is 37.9 Å². The van der Waals surface area contributed by atoms with Gasteiger partial charge in [0.15, 0.2) is 5.78 Å². The molecular formula is C19H11BrO. The van der Waals surface area contributed by atoms with E-state index < -0.39 is 0 Å². The van der Waals surface area contributed by atoms with E-state index in [1.807, 2.05) is 48.5 Å². The third kappa shape index (κ3) is 1.87. The van der Waals surface area contributed by atoms with Crippen LogP contribution in [0, 0.1) is 0 Å². The standard InChI is InChI=1S/C19H11BrO/c20-13-9-10-15-17(11-13)19(21)16-8-4-7-14(18(15)16)12-5-2-1-3-6-12/h1-11H. The molecule has 0 N–H and O–H groups in total. The molecule has 100 valence electrons. The summed E-state index contributed by atoms with van der Waals surface area (Å²) in [6.07, 6.45) is 0. The molecule has 0 spiro atoms. The van der Waals surface area contributed by atoms with E-state index in [0.29, 0.717) is 0 Å². The molecule has 4 rings (SSSR count). The van der Waals surface area contributed by atoms with Gasteiger partial charge in [-0.2, -0.15) is 0 Å². The minimum Gasteiger partial charge on any atom is -0.289 e. The van der Waals surface area contributed by atoms with Gasteiger partial charge in [-0.15, -0.1) is 0 Å². The number of carbonyl (C=O) groups excluding carboxylic acids is 1. The Bertz CT molecular complexity index is 866. The molecule has 0 aliphatic heterocycles. The summed E-state index contributed by atoms with van der Waals surface area (Å²) >= 11 is 3.45. The molecule has 3 aromatic carbocycles. The van der Waals surface area contributed by atoms with Crippen molar-refractivity contribution in [1.82, 2.24) is 0 Å². The first kappa shape index (κ1) is 12.5. The molecule has 0 heterocycles. The molecule has 0 saturated heterocycles. The van der Waals surface area contributed by atoms with Crippen molar-refractivity contribution in [2.24, 2.45) is 0 Å². The molecule has 0 fully saturated rings. The van der Waals surface area contributed by atoms with Crippen molar-refractivity contribution in [2.45, 2.75) is 0 Å². The van der Waals surface area contributed by atoms with Gasteiger partial charge in [0.1, 0.15) is 0 Å². The fraction of sp³-hybridized carbons (Fsp3) is 0. The summed E-state index contributed by atoms with van der Waals surface area (Å²) in [6, 6.07) is 22.1. The maximum absolute atomic E-state index is 12.6. The van der Waals surface area contributed by atoms with Crippen LogP contribution in [0.15, 0.2) is 71.2 Å². The van der Waals surface area contributed by atoms with Crippen molar-refractivity contribution >= 4 is 21.7 Å². The van der Waals surface area contributed by atoms with Crippen molar-refractivity contribution in [3.05, 3.63) is 82.3 Å². The molecule has 0 radical (unpaired) electrons. The molecule has 21 heavy (non-hydrogen) atoms. The third-order valence-electron chi connectivity index (χ3n) is 3.89. The van der Waals surface area contributed by atoms with Crippen LogP contribution in [-0.4, -0.2) is 5.78 Å². The number of hydrogen-bond donors (Lipinski definition) is 0. The molecule has 0 unspecified atom stereocenters. The van der Waals surface area contributed by atoms with Gasteiger partial charge in [-0.25, -0.2) is 0 Å². The quantitative estimate of drug-likeness (QED) is 0.460. The highest BCUT2D eigenvalue weighted by Crippen LogP contribution is 2.43. The smallest absolute Gasteiger partial charge is 0.194 e. The monoisotopic (exact) mass is 334 g/mol. The first-order valence-corrected chi connectivity index (χ1v) is 7.58. The number of rotatable bonds is 1. The van der Waals surface area contributed by atoms with Gasteiger partial charge in [0.25, 0.3) is 0 Å². The van der Waals surface area contributed by atoms with Crippen molar-refractivity contribution < 1.29 is 4.79 Å². The van der Waals surface area contributed by atoms with Crippen LogP contribution < -0.4 is 0 Å². The number of benzene rings is 3. The Labute approximate surface area is 131 Å². The molecule has 0 amide bonds. The summed E-state index contributed by atoms with van der Waals surface area (Å²) in [4.78, 5) is 12.6. The minimum atomic E-state index is 0.110. The van der Waals surface area contributed by atoms with Crippen molar-refractivity contribution in [1.29, 1.82) is 0 Å². The lowest BCUT2D eigenvalue weighted by atomic mass is 9.94. The SMILES string of the molecule is O=C1c2cc(Br)ccc2-c2c1cccc2-c1ccccc1. The average molecular weight is 335 g/mol. The third-order valence-corrected chi connectivity index (χ3v) is 4.38. The molecule has 1 aliphatic rings. The van der Waals surface area contributed by atoms with E-state index in [1.54, 1.807) is 0 Å². The molecular weight excluding hydrogens is 324 g/mol. The predicted molar refractivity (Wildman–Crippen MR) is 88.4 cm³/mol. The summed E-state index contributed by atoms with van der Waals surface area (Å²) in [5.74, 6) is 0.110. The Hall–Kier alpha value is -2.19. The molecule has 1 aliphatic carbocycles. The topological polar surface area (TPSA) is 17.1 Å². The fourth-order valence-corrected chi connectivity index (χ4v) is 3.32. The zero-order chi connectivity index (χ0) is 14.4. The van der Waals surface area contributed by atoms with Crippen LogP contribution in [0.5, 0.6) is 0 Å². The fourth-order valence-electron chi connectivity index (χ4n) is 2.96. The Morgan fingerprint density at radius 1 is 0.667 bits per heavy atom. The number of ketones is 1. The zero-order valence-corrected chi connectivity index (χ0v) is 12.7. The van der Waals surface area contributed by atoms with E-state index in [9.17, 15) is 4.79 Å². The molecule has 0 aromatic heterocycles. The molecule has 0 atom stereocenters. The van der Waals surface area contributed by atoms with Gasteiger partial charge in [-0.05, 0) is 28.8 Å². The van der Waals surface area contributed by atoms with Gasteiger partial charge in [-0.3, -0.25) is 4.79 Å². The average Bonchev–Trinajstić information content (AvgIpc) is 2.81. The van der Waals surface area contributed by atoms with Gasteiger partial charge >= 0.3 is 0 Å². The number of halogens is 1. The highest BCUT2D eigenvalue weighted by atomic mass is 79.9. The van der Waals surface area contributed by atoms with Crippen LogP contribution in [0.3, 0.4) is 0 Å². The summed E-state index contributed by atoms with van der Waals surface area (Å²) < 4.78 is 0.934. The maximum atomic E-state index is 12.6. The number of hydrogen-bond acceptors (Lipinski definition) is 1. The Morgan fingerprint density at radius 2 is 1.43 bits per heavy atom. The normalized spacial score (nSPS) is 12.1. The molecule has 2 heteroatoms. The van der Waals surface area contributed by atoms with Gasteiger partial charge < -0.3 is 0 Å². The zero-order valence-electron chi connectivity index (χ0n) is 11.1. The molecule has 1 nitrogen and oxygen atoms in total. The summed E-state index contributed by atoms with van der Waals surface area (Å²) in [5.41, 5.74) is 5.90. The Balaban J connectivity index is 2.05. The van der Waals surface area contributed by atoms with Gasteiger partial charge in [0.05, 0.1) is 0 Å². The van der Waals surface area contributed by atoms with Gasteiger partial charge in [0.2, 0.25) is 0 Å². The predicted octanol–water partition coefficient (Wildman–Crippen LogP) is 5.33. The second-order valence-electron chi connectivity index (χ2n) is 5.11. The van der Waals surface area contributed by atoms with E-state index >= 15 is 0 Å². The molecule has 0 bridgehead atoms. The molecule has 0 saturated carbocycles. The van der Waals surface area contributed by atoms with E-state index in [-0.39, 0.29) is 5.78 Å². The second-order valence-corrected chi connectivity index (χ2v) is 6.03. The second kappa shape index (κ2) is 4.68. The van der Waals surface area contributed by atoms with Gasteiger partial charge in [0, 0.05) is 21.2 Å². The summed E-state index contributed by atoms with van der Waals surface area (Å²) in [6.45, 7) is 0. The van der Waals surface area contributed by atoms with Crippen molar-refractivity contribution in [2.75, 3.05) is 0 Å². The van der Waals surface area contributed by atoms with Crippen LogP contribution in [0.2, 0.25) is 0 Å².